The monoisotopic (exact) mass is 196 g/mol. The maximum atomic E-state index is 8.84. The highest BCUT2D eigenvalue weighted by atomic mass is 14.7. The molecule has 0 saturated heterocycles. The van der Waals surface area contributed by atoms with Crippen LogP contribution in [0.25, 0.3) is 10.9 Å². The van der Waals surface area contributed by atoms with E-state index in [2.05, 4.69) is 17.1 Å². The van der Waals surface area contributed by atoms with E-state index in [9.17, 15) is 0 Å². The highest BCUT2D eigenvalue weighted by Crippen LogP contribution is 2.29. The molecule has 74 valence electrons. The molecule has 1 N–H and O–H groups in total. The zero-order chi connectivity index (χ0) is 10.3. The van der Waals surface area contributed by atoms with Crippen molar-refractivity contribution in [1.29, 1.82) is 5.26 Å². The van der Waals surface area contributed by atoms with Gasteiger partial charge in [0.1, 0.15) is 0 Å². The van der Waals surface area contributed by atoms with Crippen LogP contribution < -0.4 is 0 Å². The van der Waals surface area contributed by atoms with Crippen LogP contribution in [0.4, 0.5) is 0 Å². The Labute approximate surface area is 88.5 Å². The second-order valence-corrected chi connectivity index (χ2v) is 4.16. The number of hydrogen-bond acceptors (Lipinski definition) is 1. The lowest BCUT2D eigenvalue weighted by atomic mass is 9.95. The summed E-state index contributed by atoms with van der Waals surface area (Å²) in [5, 5.41) is 10.1. The van der Waals surface area contributed by atoms with E-state index in [1.165, 1.54) is 35.9 Å². The van der Waals surface area contributed by atoms with E-state index in [1.54, 1.807) is 0 Å². The SMILES string of the molecule is N#Cc1ccc2c3c([nH]c2c1)CCCC3. The Morgan fingerprint density at radius 3 is 2.93 bits per heavy atom. The highest BCUT2D eigenvalue weighted by molar-refractivity contribution is 5.86. The fraction of sp³-hybridized carbons (Fsp3) is 0.308. The molecule has 0 amide bonds. The molecule has 0 saturated carbocycles. The molecule has 0 atom stereocenters. The van der Waals surface area contributed by atoms with Gasteiger partial charge in [0.25, 0.3) is 0 Å². The number of aryl methyl sites for hydroxylation is 2. The summed E-state index contributed by atoms with van der Waals surface area (Å²) in [5.41, 5.74) is 4.72. The highest BCUT2D eigenvalue weighted by Gasteiger charge is 2.14. The van der Waals surface area contributed by atoms with Gasteiger partial charge in [-0.2, -0.15) is 5.26 Å². The average molecular weight is 196 g/mol. The number of nitriles is 1. The number of benzene rings is 1. The van der Waals surface area contributed by atoms with Gasteiger partial charge < -0.3 is 4.98 Å². The minimum absolute atomic E-state index is 0.737. The van der Waals surface area contributed by atoms with Crippen LogP contribution in [-0.2, 0) is 12.8 Å². The van der Waals surface area contributed by atoms with Gasteiger partial charge in [0.15, 0.2) is 0 Å². The lowest BCUT2D eigenvalue weighted by Gasteiger charge is -2.10. The first kappa shape index (κ1) is 8.55. The summed E-state index contributed by atoms with van der Waals surface area (Å²) in [6, 6.07) is 8.12. The molecule has 2 heteroatoms. The zero-order valence-electron chi connectivity index (χ0n) is 8.51. The van der Waals surface area contributed by atoms with Crippen LogP contribution in [0.15, 0.2) is 18.2 Å². The van der Waals surface area contributed by atoms with Gasteiger partial charge >= 0.3 is 0 Å². The van der Waals surface area contributed by atoms with E-state index in [4.69, 9.17) is 5.26 Å². The van der Waals surface area contributed by atoms with E-state index in [-0.39, 0.29) is 0 Å². The molecule has 2 aromatic rings. The lowest BCUT2D eigenvalue weighted by molar-refractivity contribution is 0.680. The van der Waals surface area contributed by atoms with Gasteiger partial charge in [-0.15, -0.1) is 0 Å². The van der Waals surface area contributed by atoms with Crippen molar-refractivity contribution in [3.8, 4) is 6.07 Å². The van der Waals surface area contributed by atoms with Crippen molar-refractivity contribution in [2.24, 2.45) is 0 Å². The summed E-state index contributed by atoms with van der Waals surface area (Å²) in [5.74, 6) is 0. The molecule has 1 aromatic carbocycles. The maximum absolute atomic E-state index is 8.84. The third-order valence-electron chi connectivity index (χ3n) is 3.23. The molecule has 0 aliphatic heterocycles. The number of aromatic nitrogens is 1. The summed E-state index contributed by atoms with van der Waals surface area (Å²) in [7, 11) is 0. The van der Waals surface area contributed by atoms with Crippen molar-refractivity contribution in [3.63, 3.8) is 0 Å². The van der Waals surface area contributed by atoms with Gasteiger partial charge in [-0.3, -0.25) is 0 Å². The van der Waals surface area contributed by atoms with E-state index in [0.717, 1.165) is 17.5 Å². The van der Waals surface area contributed by atoms with Crippen molar-refractivity contribution in [1.82, 2.24) is 4.98 Å². The van der Waals surface area contributed by atoms with Crippen molar-refractivity contribution in [3.05, 3.63) is 35.0 Å². The molecule has 0 unspecified atom stereocenters. The fourth-order valence-electron chi connectivity index (χ4n) is 2.48. The van der Waals surface area contributed by atoms with Crippen LogP contribution in [0.5, 0.6) is 0 Å². The number of fused-ring (bicyclic) bond motifs is 3. The quantitative estimate of drug-likeness (QED) is 0.691. The van der Waals surface area contributed by atoms with Gasteiger partial charge in [-0.25, -0.2) is 0 Å². The topological polar surface area (TPSA) is 39.6 Å². The largest absolute Gasteiger partial charge is 0.358 e. The Morgan fingerprint density at radius 2 is 2.07 bits per heavy atom. The van der Waals surface area contributed by atoms with Crippen LogP contribution in [0.1, 0.15) is 29.7 Å². The lowest BCUT2D eigenvalue weighted by Crippen LogP contribution is -1.99. The molecule has 1 aliphatic rings. The minimum atomic E-state index is 0.737. The third kappa shape index (κ3) is 1.24. The molecule has 1 aliphatic carbocycles. The normalized spacial score (nSPS) is 14.9. The molecule has 0 spiro atoms. The van der Waals surface area contributed by atoms with Gasteiger partial charge in [-0.1, -0.05) is 6.07 Å². The van der Waals surface area contributed by atoms with Crippen molar-refractivity contribution in [2.75, 3.05) is 0 Å². The van der Waals surface area contributed by atoms with Crippen LogP contribution in [0, 0.1) is 11.3 Å². The summed E-state index contributed by atoms with van der Waals surface area (Å²) >= 11 is 0. The predicted octanol–water partition coefficient (Wildman–Crippen LogP) is 2.92. The molecular formula is C13H12N2. The number of nitrogens with zero attached hydrogens (tertiary/aromatic N) is 1. The molecule has 3 rings (SSSR count). The first-order chi connectivity index (χ1) is 7.38. The number of aromatic amines is 1. The molecule has 0 fully saturated rings. The summed E-state index contributed by atoms with van der Waals surface area (Å²) in [6.45, 7) is 0. The molecule has 1 aromatic heterocycles. The number of hydrogen-bond donors (Lipinski definition) is 1. The van der Waals surface area contributed by atoms with Crippen LogP contribution >= 0.6 is 0 Å². The van der Waals surface area contributed by atoms with E-state index >= 15 is 0 Å². The van der Waals surface area contributed by atoms with Crippen LogP contribution in [-0.4, -0.2) is 4.98 Å². The third-order valence-corrected chi connectivity index (χ3v) is 3.23. The predicted molar refractivity (Wildman–Crippen MR) is 59.7 cm³/mol. The van der Waals surface area contributed by atoms with Gasteiger partial charge in [0.2, 0.25) is 0 Å². The smallest absolute Gasteiger partial charge is 0.0992 e. The van der Waals surface area contributed by atoms with Crippen molar-refractivity contribution < 1.29 is 0 Å². The van der Waals surface area contributed by atoms with Crippen LogP contribution in [0.2, 0.25) is 0 Å². The Bertz CT molecular complexity index is 558. The standard InChI is InChI=1S/C13H12N2/c14-8-9-5-6-11-10-3-1-2-4-12(10)15-13(11)7-9/h5-7,15H,1-4H2. The molecule has 0 bridgehead atoms. The number of nitrogens with one attached hydrogen (secondary N) is 1. The van der Waals surface area contributed by atoms with E-state index in [1.807, 2.05) is 12.1 Å². The van der Waals surface area contributed by atoms with E-state index < -0.39 is 0 Å². The summed E-state index contributed by atoms with van der Waals surface area (Å²) < 4.78 is 0. The Balaban J connectivity index is 2.28. The molecule has 2 nitrogen and oxygen atoms in total. The average Bonchev–Trinajstić information content (AvgIpc) is 2.66. The minimum Gasteiger partial charge on any atom is -0.358 e. The molecule has 1 heterocycles. The zero-order valence-corrected chi connectivity index (χ0v) is 8.51. The molecule has 0 radical (unpaired) electrons. The number of rotatable bonds is 0. The van der Waals surface area contributed by atoms with Crippen molar-refractivity contribution in [2.45, 2.75) is 25.7 Å². The summed E-state index contributed by atoms with van der Waals surface area (Å²) in [6.07, 6.45) is 4.91. The first-order valence-corrected chi connectivity index (χ1v) is 5.42. The van der Waals surface area contributed by atoms with Crippen LogP contribution in [0.3, 0.4) is 0 Å². The van der Waals surface area contributed by atoms with Crippen molar-refractivity contribution >= 4 is 10.9 Å². The molecule has 15 heavy (non-hydrogen) atoms. The first-order valence-electron chi connectivity index (χ1n) is 5.42. The van der Waals surface area contributed by atoms with E-state index in [0.29, 0.717) is 0 Å². The Morgan fingerprint density at radius 1 is 1.20 bits per heavy atom. The fourth-order valence-corrected chi connectivity index (χ4v) is 2.48. The van der Waals surface area contributed by atoms with Gasteiger partial charge in [-0.05, 0) is 43.4 Å². The summed E-state index contributed by atoms with van der Waals surface area (Å²) in [4.78, 5) is 3.44. The number of H-pyrrole nitrogens is 1. The van der Waals surface area contributed by atoms with Gasteiger partial charge in [0.05, 0.1) is 11.6 Å². The maximum Gasteiger partial charge on any atom is 0.0992 e. The Hall–Kier alpha value is -1.75. The van der Waals surface area contributed by atoms with Gasteiger partial charge in [0, 0.05) is 16.6 Å². The Kier molecular flexibility index (Phi) is 1.78. The molecular weight excluding hydrogens is 184 g/mol. The second-order valence-electron chi connectivity index (χ2n) is 4.16. The second kappa shape index (κ2) is 3.13.